The summed E-state index contributed by atoms with van der Waals surface area (Å²) in [6.07, 6.45) is -0.533. The maximum Gasteiger partial charge on any atom is 0.0940 e. The van der Waals surface area contributed by atoms with Crippen molar-refractivity contribution >= 4 is 11.6 Å². The van der Waals surface area contributed by atoms with E-state index < -0.39 is 6.10 Å². The molecule has 0 heterocycles. The van der Waals surface area contributed by atoms with E-state index in [0.717, 1.165) is 12.1 Å². The Hall–Kier alpha value is -0.610. The van der Waals surface area contributed by atoms with E-state index in [-0.39, 0.29) is 6.04 Å². The average molecular weight is 244 g/mol. The van der Waals surface area contributed by atoms with Crippen LogP contribution in [0.5, 0.6) is 0 Å². The minimum Gasteiger partial charge on any atom is -0.387 e. The second kappa shape index (κ2) is 6.86. The molecule has 2 N–H and O–H groups in total. The van der Waals surface area contributed by atoms with Gasteiger partial charge in [0.2, 0.25) is 0 Å². The first-order valence-corrected chi connectivity index (χ1v) is 5.69. The van der Waals surface area contributed by atoms with Gasteiger partial charge in [-0.2, -0.15) is 0 Å². The Morgan fingerprint density at radius 3 is 2.56 bits per heavy atom. The van der Waals surface area contributed by atoms with Crippen molar-refractivity contribution in [3.63, 3.8) is 0 Å². The Labute approximate surface area is 101 Å². The van der Waals surface area contributed by atoms with Crippen molar-refractivity contribution in [1.29, 1.82) is 0 Å². The van der Waals surface area contributed by atoms with E-state index in [0.29, 0.717) is 11.6 Å². The van der Waals surface area contributed by atoms with Gasteiger partial charge in [-0.15, -0.1) is 0 Å². The summed E-state index contributed by atoms with van der Waals surface area (Å²) in [5.41, 5.74) is 0.863. The van der Waals surface area contributed by atoms with Crippen molar-refractivity contribution < 1.29 is 9.84 Å². The molecule has 0 saturated carbocycles. The minimum atomic E-state index is -0.533. The summed E-state index contributed by atoms with van der Waals surface area (Å²) >= 11 is 5.78. The molecule has 16 heavy (non-hydrogen) atoms. The maximum atomic E-state index is 10.0. The standard InChI is InChI=1S/C12H18ClNO2/c1-9(14-7-8-16-2)12(15)10-3-5-11(13)6-4-10/h3-6,9,12,14-15H,7-8H2,1-2H3. The zero-order valence-corrected chi connectivity index (χ0v) is 10.4. The number of methoxy groups -OCH3 is 1. The summed E-state index contributed by atoms with van der Waals surface area (Å²) in [6, 6.07) is 7.21. The Morgan fingerprint density at radius 1 is 1.38 bits per heavy atom. The predicted molar refractivity (Wildman–Crippen MR) is 65.8 cm³/mol. The molecule has 1 aromatic rings. The van der Waals surface area contributed by atoms with Crippen LogP contribution in [0.3, 0.4) is 0 Å². The highest BCUT2D eigenvalue weighted by Crippen LogP contribution is 2.18. The van der Waals surface area contributed by atoms with Gasteiger partial charge in [0, 0.05) is 24.7 Å². The summed E-state index contributed by atoms with van der Waals surface area (Å²) in [4.78, 5) is 0. The van der Waals surface area contributed by atoms with Crippen molar-refractivity contribution in [3.05, 3.63) is 34.9 Å². The summed E-state index contributed by atoms with van der Waals surface area (Å²) in [7, 11) is 1.65. The molecule has 0 aromatic heterocycles. The Kier molecular flexibility index (Phi) is 5.77. The normalized spacial score (nSPS) is 14.8. The van der Waals surface area contributed by atoms with Gasteiger partial charge in [-0.3, -0.25) is 0 Å². The first-order valence-electron chi connectivity index (χ1n) is 5.31. The maximum absolute atomic E-state index is 10.0. The van der Waals surface area contributed by atoms with Gasteiger partial charge in [-0.25, -0.2) is 0 Å². The van der Waals surface area contributed by atoms with Gasteiger partial charge in [0.25, 0.3) is 0 Å². The minimum absolute atomic E-state index is 0.0173. The molecule has 0 fully saturated rings. The van der Waals surface area contributed by atoms with Crippen LogP contribution in [0.1, 0.15) is 18.6 Å². The molecule has 0 spiro atoms. The first-order chi connectivity index (χ1) is 7.65. The lowest BCUT2D eigenvalue weighted by Gasteiger charge is -2.20. The molecule has 0 aliphatic rings. The third kappa shape index (κ3) is 4.10. The lowest BCUT2D eigenvalue weighted by Crippen LogP contribution is -2.34. The van der Waals surface area contributed by atoms with E-state index in [9.17, 15) is 5.11 Å². The number of nitrogens with one attached hydrogen (secondary N) is 1. The Bertz CT molecular complexity index is 302. The fourth-order valence-corrected chi connectivity index (χ4v) is 1.57. The summed E-state index contributed by atoms with van der Waals surface area (Å²) < 4.78 is 4.93. The first kappa shape index (κ1) is 13.5. The second-order valence-corrected chi connectivity index (χ2v) is 4.17. The quantitative estimate of drug-likeness (QED) is 0.751. The molecule has 0 amide bonds. The van der Waals surface area contributed by atoms with E-state index in [1.807, 2.05) is 19.1 Å². The average Bonchev–Trinajstić information content (AvgIpc) is 2.29. The van der Waals surface area contributed by atoms with Crippen molar-refractivity contribution in [1.82, 2.24) is 5.32 Å². The van der Waals surface area contributed by atoms with Crippen molar-refractivity contribution in [2.24, 2.45) is 0 Å². The van der Waals surface area contributed by atoms with Gasteiger partial charge in [0.1, 0.15) is 0 Å². The predicted octanol–water partition coefficient (Wildman–Crippen LogP) is 2.00. The molecule has 0 saturated heterocycles. The van der Waals surface area contributed by atoms with Crippen LogP contribution >= 0.6 is 11.6 Å². The number of aliphatic hydroxyl groups is 1. The molecule has 1 rings (SSSR count). The lowest BCUT2D eigenvalue weighted by molar-refractivity contribution is 0.127. The fraction of sp³-hybridized carbons (Fsp3) is 0.500. The van der Waals surface area contributed by atoms with Crippen LogP contribution in [0.15, 0.2) is 24.3 Å². The highest BCUT2D eigenvalue weighted by Gasteiger charge is 2.15. The SMILES string of the molecule is COCCNC(C)C(O)c1ccc(Cl)cc1. The van der Waals surface area contributed by atoms with Crippen LogP contribution in [0.25, 0.3) is 0 Å². The highest BCUT2D eigenvalue weighted by atomic mass is 35.5. The smallest absolute Gasteiger partial charge is 0.0940 e. The van der Waals surface area contributed by atoms with Crippen molar-refractivity contribution in [2.75, 3.05) is 20.3 Å². The van der Waals surface area contributed by atoms with Crippen LogP contribution in [-0.2, 0) is 4.74 Å². The van der Waals surface area contributed by atoms with Crippen LogP contribution < -0.4 is 5.32 Å². The molecule has 0 aliphatic carbocycles. The second-order valence-electron chi connectivity index (χ2n) is 3.73. The molecule has 90 valence electrons. The Balaban J connectivity index is 2.49. The van der Waals surface area contributed by atoms with Gasteiger partial charge < -0.3 is 15.2 Å². The molecular formula is C12H18ClNO2. The largest absolute Gasteiger partial charge is 0.387 e. The number of aliphatic hydroxyl groups excluding tert-OH is 1. The van der Waals surface area contributed by atoms with E-state index >= 15 is 0 Å². The van der Waals surface area contributed by atoms with E-state index in [2.05, 4.69) is 5.32 Å². The van der Waals surface area contributed by atoms with Crippen LogP contribution in [-0.4, -0.2) is 31.4 Å². The van der Waals surface area contributed by atoms with Gasteiger partial charge in [-0.05, 0) is 24.6 Å². The molecule has 0 aliphatic heterocycles. The van der Waals surface area contributed by atoms with Gasteiger partial charge >= 0.3 is 0 Å². The number of halogens is 1. The van der Waals surface area contributed by atoms with Crippen LogP contribution in [0, 0.1) is 0 Å². The Morgan fingerprint density at radius 2 is 2.00 bits per heavy atom. The number of benzene rings is 1. The molecule has 0 radical (unpaired) electrons. The van der Waals surface area contributed by atoms with Crippen molar-refractivity contribution in [3.8, 4) is 0 Å². The third-order valence-electron chi connectivity index (χ3n) is 2.46. The molecule has 3 nitrogen and oxygen atoms in total. The van der Waals surface area contributed by atoms with Crippen LogP contribution in [0.2, 0.25) is 5.02 Å². The van der Waals surface area contributed by atoms with Gasteiger partial charge in [-0.1, -0.05) is 23.7 Å². The molecule has 4 heteroatoms. The summed E-state index contributed by atoms with van der Waals surface area (Å²) in [6.45, 7) is 3.30. The van der Waals surface area contributed by atoms with Crippen molar-refractivity contribution in [2.45, 2.75) is 19.1 Å². The van der Waals surface area contributed by atoms with E-state index in [1.165, 1.54) is 0 Å². The number of hydrogen-bond donors (Lipinski definition) is 2. The topological polar surface area (TPSA) is 41.5 Å². The third-order valence-corrected chi connectivity index (χ3v) is 2.71. The zero-order valence-electron chi connectivity index (χ0n) is 9.61. The zero-order chi connectivity index (χ0) is 12.0. The fourth-order valence-electron chi connectivity index (χ4n) is 1.45. The molecule has 1 aromatic carbocycles. The summed E-state index contributed by atoms with van der Waals surface area (Å²) in [5, 5.41) is 13.9. The summed E-state index contributed by atoms with van der Waals surface area (Å²) in [5.74, 6) is 0. The monoisotopic (exact) mass is 243 g/mol. The lowest BCUT2D eigenvalue weighted by atomic mass is 10.0. The molecular weight excluding hydrogens is 226 g/mol. The number of ether oxygens (including phenoxy) is 1. The number of hydrogen-bond acceptors (Lipinski definition) is 3. The highest BCUT2D eigenvalue weighted by molar-refractivity contribution is 6.30. The van der Waals surface area contributed by atoms with Crippen LogP contribution in [0.4, 0.5) is 0 Å². The van der Waals surface area contributed by atoms with Gasteiger partial charge in [0.15, 0.2) is 0 Å². The molecule has 2 atom stereocenters. The number of rotatable bonds is 6. The molecule has 2 unspecified atom stereocenters. The van der Waals surface area contributed by atoms with E-state index in [1.54, 1.807) is 19.2 Å². The van der Waals surface area contributed by atoms with Gasteiger partial charge in [0.05, 0.1) is 12.7 Å². The molecule has 0 bridgehead atoms. The van der Waals surface area contributed by atoms with E-state index in [4.69, 9.17) is 16.3 Å².